The van der Waals surface area contributed by atoms with Gasteiger partial charge < -0.3 is 19.9 Å². The number of anilines is 4. The Morgan fingerprint density at radius 1 is 1.00 bits per heavy atom. The molecule has 2 saturated heterocycles. The number of rotatable bonds is 6. The summed E-state index contributed by atoms with van der Waals surface area (Å²) >= 11 is 6.45. The van der Waals surface area contributed by atoms with Gasteiger partial charge in [0.1, 0.15) is 12.2 Å². The Hall–Kier alpha value is -2.44. The van der Waals surface area contributed by atoms with Crippen LogP contribution >= 0.6 is 18.7 Å². The minimum Gasteiger partial charge on any atom is -0.378 e. The lowest BCUT2D eigenvalue weighted by molar-refractivity contribution is -0.148. The first-order valence-electron chi connectivity index (χ1n) is 13.4. The predicted octanol–water partition coefficient (Wildman–Crippen LogP) is 5.89. The molecule has 1 aliphatic carbocycles. The first-order valence-corrected chi connectivity index (χ1v) is 16.4. The van der Waals surface area contributed by atoms with Gasteiger partial charge in [-0.25, -0.2) is 4.98 Å². The first-order chi connectivity index (χ1) is 18.2. The summed E-state index contributed by atoms with van der Waals surface area (Å²) in [4.78, 5) is 11.8. The van der Waals surface area contributed by atoms with E-state index in [4.69, 9.17) is 16.3 Å². The van der Waals surface area contributed by atoms with Crippen LogP contribution in [-0.4, -0.2) is 59.5 Å². The van der Waals surface area contributed by atoms with Crippen molar-refractivity contribution in [2.75, 3.05) is 37.2 Å². The molecule has 2 fully saturated rings. The van der Waals surface area contributed by atoms with Gasteiger partial charge in [-0.1, -0.05) is 29.3 Å². The van der Waals surface area contributed by atoms with E-state index in [9.17, 15) is 4.57 Å². The molecule has 200 valence electrons. The number of benzene rings is 2. The average Bonchev–Trinajstić information content (AvgIpc) is 3.09. The number of hydrogen-bond acceptors (Lipinski definition) is 7. The minimum atomic E-state index is -2.51. The SMILES string of the molecule is Cc1ccc(Nc2nc(Nc3ccc4c(c3)CC[C@H](N3C5COCC3C5)CC4)ncc2Cl)c(P(C)(C)=O)c1. The average molecular weight is 552 g/mol. The standard InChI is InChI=1S/C29H35ClN5O2P/c1-18-4-11-26(27(12-18)38(2,3)36)33-28-25(30)15-31-29(34-28)32-21-8-5-19-6-9-22(10-7-20(19)13-21)35-23-14-24(35)17-37-16-23/h4-5,8,11-13,15,22-24H,6-7,9-10,14,16-17H2,1-3H3,(H2,31,32,33,34)/t22-,23?,24?/m1/s1. The van der Waals surface area contributed by atoms with Gasteiger partial charge in [0.15, 0.2) is 5.82 Å². The van der Waals surface area contributed by atoms with E-state index < -0.39 is 7.14 Å². The summed E-state index contributed by atoms with van der Waals surface area (Å²) in [5.41, 5.74) is 5.61. The van der Waals surface area contributed by atoms with Crippen molar-refractivity contribution in [3.63, 3.8) is 0 Å². The number of halogens is 1. The molecule has 3 aromatic rings. The Morgan fingerprint density at radius 2 is 1.76 bits per heavy atom. The molecule has 6 rings (SSSR count). The molecule has 2 bridgehead atoms. The third kappa shape index (κ3) is 5.22. The molecular weight excluding hydrogens is 517 g/mol. The third-order valence-corrected chi connectivity index (χ3v) is 9.92. The van der Waals surface area contributed by atoms with Crippen LogP contribution in [0.1, 0.15) is 36.0 Å². The van der Waals surface area contributed by atoms with Gasteiger partial charge in [-0.05, 0) is 87.7 Å². The van der Waals surface area contributed by atoms with Gasteiger partial charge >= 0.3 is 0 Å². The quantitative estimate of drug-likeness (QED) is 0.292. The van der Waals surface area contributed by atoms with Crippen LogP contribution in [0.3, 0.4) is 0 Å². The molecule has 2 aliphatic heterocycles. The number of aromatic nitrogens is 2. The summed E-state index contributed by atoms with van der Waals surface area (Å²) in [6.07, 6.45) is 7.48. The molecule has 2 aromatic carbocycles. The molecule has 0 saturated carbocycles. The van der Waals surface area contributed by atoms with E-state index in [1.807, 2.05) is 25.1 Å². The summed E-state index contributed by atoms with van der Waals surface area (Å²) in [6, 6.07) is 14.4. The Bertz CT molecular complexity index is 1400. The molecule has 3 atom stereocenters. The Labute approximate surface area is 229 Å². The molecule has 1 aromatic heterocycles. The third-order valence-electron chi connectivity index (χ3n) is 8.12. The zero-order valence-electron chi connectivity index (χ0n) is 22.2. The molecule has 0 radical (unpaired) electrons. The summed E-state index contributed by atoms with van der Waals surface area (Å²) in [7, 11) is -2.51. The molecule has 38 heavy (non-hydrogen) atoms. The highest BCUT2D eigenvalue weighted by Crippen LogP contribution is 2.40. The summed E-state index contributed by atoms with van der Waals surface area (Å²) < 4.78 is 18.6. The highest BCUT2D eigenvalue weighted by atomic mass is 35.5. The van der Waals surface area contributed by atoms with E-state index in [-0.39, 0.29) is 0 Å². The van der Waals surface area contributed by atoms with E-state index in [1.54, 1.807) is 19.5 Å². The fraction of sp³-hybridized carbons (Fsp3) is 0.448. The van der Waals surface area contributed by atoms with Gasteiger partial charge in [-0.15, -0.1) is 0 Å². The van der Waals surface area contributed by atoms with Crippen LogP contribution in [-0.2, 0) is 22.1 Å². The lowest BCUT2D eigenvalue weighted by Gasteiger charge is -2.56. The zero-order chi connectivity index (χ0) is 26.4. The maximum absolute atomic E-state index is 12.9. The van der Waals surface area contributed by atoms with Crippen LogP contribution in [0, 0.1) is 6.92 Å². The van der Waals surface area contributed by atoms with Gasteiger partial charge in [-0.3, -0.25) is 4.90 Å². The number of ether oxygens (including phenoxy) is 1. The van der Waals surface area contributed by atoms with E-state index >= 15 is 0 Å². The fourth-order valence-corrected chi connectivity index (χ4v) is 7.56. The topological polar surface area (TPSA) is 79.4 Å². The van der Waals surface area contributed by atoms with Crippen LogP contribution in [0.25, 0.3) is 0 Å². The van der Waals surface area contributed by atoms with Crippen LogP contribution in [0.15, 0.2) is 42.6 Å². The van der Waals surface area contributed by atoms with E-state index in [0.717, 1.165) is 48.3 Å². The van der Waals surface area contributed by atoms with E-state index in [0.29, 0.717) is 34.9 Å². The lowest BCUT2D eigenvalue weighted by atomic mass is 9.87. The number of aryl methyl sites for hydroxylation is 3. The van der Waals surface area contributed by atoms with Gasteiger partial charge in [-0.2, -0.15) is 4.98 Å². The van der Waals surface area contributed by atoms with E-state index in [2.05, 4.69) is 43.7 Å². The van der Waals surface area contributed by atoms with Crippen molar-refractivity contribution in [2.24, 2.45) is 0 Å². The number of nitrogens with one attached hydrogen (secondary N) is 2. The van der Waals surface area contributed by atoms with Crippen molar-refractivity contribution >= 4 is 47.2 Å². The lowest BCUT2D eigenvalue weighted by Crippen LogP contribution is -2.66. The molecule has 2 N–H and O–H groups in total. The summed E-state index contributed by atoms with van der Waals surface area (Å²) in [5, 5.41) is 7.84. The largest absolute Gasteiger partial charge is 0.378 e. The molecular formula is C29H35ClN5O2P. The number of nitrogens with zero attached hydrogens (tertiary/aromatic N) is 3. The maximum Gasteiger partial charge on any atom is 0.229 e. The fourth-order valence-electron chi connectivity index (χ4n) is 6.19. The molecule has 0 amide bonds. The maximum atomic E-state index is 12.9. The second-order valence-electron chi connectivity index (χ2n) is 11.3. The normalized spacial score (nSPS) is 23.2. The first kappa shape index (κ1) is 25.8. The Morgan fingerprint density at radius 3 is 2.50 bits per heavy atom. The van der Waals surface area contributed by atoms with Crippen molar-refractivity contribution in [2.45, 2.75) is 57.2 Å². The molecule has 9 heteroatoms. The van der Waals surface area contributed by atoms with Crippen molar-refractivity contribution in [3.05, 3.63) is 64.3 Å². The second kappa shape index (κ2) is 10.3. The molecule has 3 heterocycles. The zero-order valence-corrected chi connectivity index (χ0v) is 23.9. The van der Waals surface area contributed by atoms with Crippen LogP contribution in [0.5, 0.6) is 0 Å². The van der Waals surface area contributed by atoms with Crippen molar-refractivity contribution in [1.29, 1.82) is 0 Å². The van der Waals surface area contributed by atoms with Crippen LogP contribution < -0.4 is 15.9 Å². The predicted molar refractivity (Wildman–Crippen MR) is 156 cm³/mol. The molecule has 7 nitrogen and oxygen atoms in total. The molecule has 0 spiro atoms. The summed E-state index contributed by atoms with van der Waals surface area (Å²) in [6.45, 7) is 7.33. The van der Waals surface area contributed by atoms with E-state index in [1.165, 1.54) is 30.4 Å². The number of morpholine rings is 1. The molecule has 2 unspecified atom stereocenters. The van der Waals surface area contributed by atoms with Crippen molar-refractivity contribution < 1.29 is 9.30 Å². The number of hydrogen-bond donors (Lipinski definition) is 2. The van der Waals surface area contributed by atoms with Gasteiger partial charge in [0.2, 0.25) is 5.95 Å². The Kier molecular flexibility index (Phi) is 6.98. The number of fused-ring (bicyclic) bond motifs is 3. The minimum absolute atomic E-state index is 0.401. The van der Waals surface area contributed by atoms with Crippen LogP contribution in [0.2, 0.25) is 5.02 Å². The monoisotopic (exact) mass is 551 g/mol. The Balaban J connectivity index is 1.18. The summed E-state index contributed by atoms with van der Waals surface area (Å²) in [5.74, 6) is 0.936. The highest BCUT2D eigenvalue weighted by molar-refractivity contribution is 7.70. The smallest absolute Gasteiger partial charge is 0.229 e. The van der Waals surface area contributed by atoms with Gasteiger partial charge in [0, 0.05) is 29.1 Å². The molecule has 3 aliphatic rings. The van der Waals surface area contributed by atoms with Crippen LogP contribution in [0.4, 0.5) is 23.1 Å². The second-order valence-corrected chi connectivity index (χ2v) is 14.8. The van der Waals surface area contributed by atoms with Crippen molar-refractivity contribution in [3.8, 4) is 0 Å². The van der Waals surface area contributed by atoms with Crippen molar-refractivity contribution in [1.82, 2.24) is 14.9 Å². The van der Waals surface area contributed by atoms with Gasteiger partial charge in [0.05, 0.1) is 25.1 Å². The highest BCUT2D eigenvalue weighted by Gasteiger charge is 2.45. The van der Waals surface area contributed by atoms with Gasteiger partial charge in [0.25, 0.3) is 0 Å².